The maximum absolute atomic E-state index is 11.5. The van der Waals surface area contributed by atoms with Gasteiger partial charge in [0, 0.05) is 0 Å². The van der Waals surface area contributed by atoms with Crippen LogP contribution in [0.2, 0.25) is 0 Å². The Morgan fingerprint density at radius 1 is 1.27 bits per heavy atom. The first-order valence-corrected chi connectivity index (χ1v) is 6.44. The van der Waals surface area contributed by atoms with Crippen molar-refractivity contribution in [3.63, 3.8) is 0 Å². The highest BCUT2D eigenvalue weighted by Crippen LogP contribution is 2.34. The van der Waals surface area contributed by atoms with E-state index in [2.05, 4.69) is 6.92 Å². The van der Waals surface area contributed by atoms with Crippen LogP contribution >= 0.6 is 0 Å². The van der Waals surface area contributed by atoms with Crippen molar-refractivity contribution >= 4 is 5.97 Å². The van der Waals surface area contributed by atoms with E-state index in [4.69, 9.17) is 4.74 Å². The van der Waals surface area contributed by atoms with Gasteiger partial charge in [-0.05, 0) is 32.1 Å². The van der Waals surface area contributed by atoms with Crippen LogP contribution in [0.5, 0.6) is 0 Å². The number of hydrogen-bond donors (Lipinski definition) is 0. The molecule has 88 valence electrons. The molecule has 2 heteroatoms. The van der Waals surface area contributed by atoms with Gasteiger partial charge in [-0.25, -0.2) is 0 Å². The van der Waals surface area contributed by atoms with E-state index in [0.29, 0.717) is 6.61 Å². The molecule has 0 aromatic rings. The maximum Gasteiger partial charge on any atom is 0.308 e. The highest BCUT2D eigenvalue weighted by molar-refractivity contribution is 5.72. The molecule has 2 nitrogen and oxygen atoms in total. The molecule has 1 saturated carbocycles. The number of carbonyl (C=O) groups excluding carboxylic acids is 1. The molecular weight excluding hydrogens is 188 g/mol. The zero-order valence-electron chi connectivity index (χ0n) is 10.1. The van der Waals surface area contributed by atoms with Crippen LogP contribution in [0.1, 0.15) is 58.8 Å². The third-order valence-electron chi connectivity index (χ3n) is 3.38. The third kappa shape index (κ3) is 4.23. The summed E-state index contributed by atoms with van der Waals surface area (Å²) in [7, 11) is 0. The largest absolute Gasteiger partial charge is 0.466 e. The molecular formula is C13H24O2. The van der Waals surface area contributed by atoms with Gasteiger partial charge in [0.05, 0.1) is 12.5 Å². The van der Waals surface area contributed by atoms with Gasteiger partial charge in [0.2, 0.25) is 0 Å². The summed E-state index contributed by atoms with van der Waals surface area (Å²) in [5, 5.41) is 0. The van der Waals surface area contributed by atoms with E-state index in [9.17, 15) is 4.79 Å². The molecule has 0 amide bonds. The van der Waals surface area contributed by atoms with Crippen LogP contribution in [0.25, 0.3) is 0 Å². The monoisotopic (exact) mass is 212 g/mol. The third-order valence-corrected chi connectivity index (χ3v) is 3.38. The molecule has 0 aromatic carbocycles. The van der Waals surface area contributed by atoms with Gasteiger partial charge in [-0.15, -0.1) is 0 Å². The highest BCUT2D eigenvalue weighted by Gasteiger charge is 2.30. The summed E-state index contributed by atoms with van der Waals surface area (Å²) in [4.78, 5) is 11.5. The van der Waals surface area contributed by atoms with Crippen molar-refractivity contribution in [3.05, 3.63) is 0 Å². The molecule has 2 atom stereocenters. The van der Waals surface area contributed by atoms with E-state index in [1.165, 1.54) is 32.1 Å². The quantitative estimate of drug-likeness (QED) is 0.497. The fourth-order valence-corrected chi connectivity index (χ4v) is 2.49. The predicted molar refractivity (Wildman–Crippen MR) is 61.6 cm³/mol. The molecule has 0 aromatic heterocycles. The zero-order chi connectivity index (χ0) is 11.1. The van der Waals surface area contributed by atoms with Crippen LogP contribution in [0, 0.1) is 11.8 Å². The van der Waals surface area contributed by atoms with Crippen molar-refractivity contribution in [1.29, 1.82) is 0 Å². The van der Waals surface area contributed by atoms with E-state index in [0.717, 1.165) is 18.8 Å². The van der Waals surface area contributed by atoms with Gasteiger partial charge >= 0.3 is 5.97 Å². The summed E-state index contributed by atoms with van der Waals surface area (Å²) in [6.07, 6.45) is 8.61. The van der Waals surface area contributed by atoms with E-state index >= 15 is 0 Å². The summed E-state index contributed by atoms with van der Waals surface area (Å²) >= 11 is 0. The van der Waals surface area contributed by atoms with Gasteiger partial charge in [0.1, 0.15) is 0 Å². The van der Waals surface area contributed by atoms with Crippen LogP contribution < -0.4 is 0 Å². The van der Waals surface area contributed by atoms with Crippen LogP contribution in [0.15, 0.2) is 0 Å². The van der Waals surface area contributed by atoms with Crippen molar-refractivity contribution in [2.75, 3.05) is 6.61 Å². The van der Waals surface area contributed by atoms with Gasteiger partial charge < -0.3 is 4.74 Å². The predicted octanol–water partition coefficient (Wildman–Crippen LogP) is 3.55. The maximum atomic E-state index is 11.5. The van der Waals surface area contributed by atoms with Gasteiger partial charge in [0.25, 0.3) is 0 Å². The minimum Gasteiger partial charge on any atom is -0.466 e. The van der Waals surface area contributed by atoms with Crippen molar-refractivity contribution in [2.45, 2.75) is 58.8 Å². The Labute approximate surface area is 93.4 Å². The second-order valence-corrected chi connectivity index (χ2v) is 4.62. The summed E-state index contributed by atoms with van der Waals surface area (Å²) < 4.78 is 5.06. The molecule has 1 rings (SSSR count). The molecule has 1 aliphatic rings. The minimum atomic E-state index is 0.0375. The fraction of sp³-hybridized carbons (Fsp3) is 0.923. The summed E-state index contributed by atoms with van der Waals surface area (Å²) in [6, 6.07) is 0. The number of unbranched alkanes of at least 4 members (excludes halogenated alkanes) is 2. The Kier molecular flexibility index (Phi) is 5.74. The number of carbonyl (C=O) groups is 1. The van der Waals surface area contributed by atoms with Crippen molar-refractivity contribution in [3.8, 4) is 0 Å². The SMILES string of the molecule is CCCCC[C@@H]1CC[C@@H](C(=O)OCC)C1. The summed E-state index contributed by atoms with van der Waals surface area (Å²) in [6.45, 7) is 4.64. The molecule has 0 heterocycles. The Morgan fingerprint density at radius 2 is 2.07 bits per heavy atom. The second kappa shape index (κ2) is 6.86. The number of hydrogen-bond acceptors (Lipinski definition) is 2. The van der Waals surface area contributed by atoms with Crippen molar-refractivity contribution in [2.24, 2.45) is 11.8 Å². The summed E-state index contributed by atoms with van der Waals surface area (Å²) in [5.41, 5.74) is 0. The van der Waals surface area contributed by atoms with Crippen LogP contribution in [-0.2, 0) is 9.53 Å². The first kappa shape index (κ1) is 12.5. The zero-order valence-corrected chi connectivity index (χ0v) is 10.1. The van der Waals surface area contributed by atoms with E-state index in [1.807, 2.05) is 6.92 Å². The Balaban J connectivity index is 2.17. The van der Waals surface area contributed by atoms with E-state index < -0.39 is 0 Å². The van der Waals surface area contributed by atoms with Gasteiger partial charge in [-0.1, -0.05) is 32.6 Å². The molecule has 0 saturated heterocycles. The smallest absolute Gasteiger partial charge is 0.308 e. The highest BCUT2D eigenvalue weighted by atomic mass is 16.5. The molecule has 1 aliphatic carbocycles. The molecule has 15 heavy (non-hydrogen) atoms. The topological polar surface area (TPSA) is 26.3 Å². The van der Waals surface area contributed by atoms with Crippen LogP contribution in [0.4, 0.5) is 0 Å². The first-order valence-electron chi connectivity index (χ1n) is 6.44. The van der Waals surface area contributed by atoms with Crippen molar-refractivity contribution in [1.82, 2.24) is 0 Å². The average Bonchev–Trinajstić information content (AvgIpc) is 2.67. The Morgan fingerprint density at radius 3 is 2.73 bits per heavy atom. The lowest BCUT2D eigenvalue weighted by Gasteiger charge is -2.10. The number of esters is 1. The first-order chi connectivity index (χ1) is 7.27. The number of ether oxygens (including phenoxy) is 1. The van der Waals surface area contributed by atoms with Crippen molar-refractivity contribution < 1.29 is 9.53 Å². The molecule has 1 fully saturated rings. The lowest BCUT2D eigenvalue weighted by molar-refractivity contribution is -0.147. The minimum absolute atomic E-state index is 0.0375. The van der Waals surface area contributed by atoms with Gasteiger partial charge in [-0.2, -0.15) is 0 Å². The molecule has 0 radical (unpaired) electrons. The van der Waals surface area contributed by atoms with E-state index in [1.54, 1.807) is 0 Å². The molecule has 0 bridgehead atoms. The molecule has 0 N–H and O–H groups in total. The van der Waals surface area contributed by atoms with Crippen LogP contribution in [-0.4, -0.2) is 12.6 Å². The average molecular weight is 212 g/mol. The van der Waals surface area contributed by atoms with E-state index in [-0.39, 0.29) is 11.9 Å². The molecule has 0 unspecified atom stereocenters. The summed E-state index contributed by atoms with van der Waals surface area (Å²) in [5.74, 6) is 1.03. The Hall–Kier alpha value is -0.530. The standard InChI is InChI=1S/C13H24O2/c1-3-5-6-7-11-8-9-12(10-11)13(14)15-4-2/h11-12H,3-10H2,1-2H3/t11-,12-/m1/s1. The van der Waals surface area contributed by atoms with Gasteiger partial charge in [0.15, 0.2) is 0 Å². The number of rotatable bonds is 6. The van der Waals surface area contributed by atoms with Gasteiger partial charge in [-0.3, -0.25) is 4.79 Å². The molecule has 0 spiro atoms. The normalized spacial score (nSPS) is 25.5. The second-order valence-electron chi connectivity index (χ2n) is 4.62. The Bertz CT molecular complexity index is 189. The lowest BCUT2D eigenvalue weighted by Crippen LogP contribution is -2.14. The fourth-order valence-electron chi connectivity index (χ4n) is 2.49. The molecule has 0 aliphatic heterocycles. The van der Waals surface area contributed by atoms with Crippen LogP contribution in [0.3, 0.4) is 0 Å². The lowest BCUT2D eigenvalue weighted by atomic mass is 9.98.